The highest BCUT2D eigenvalue weighted by Gasteiger charge is 2.44. The summed E-state index contributed by atoms with van der Waals surface area (Å²) in [5.74, 6) is -2.34. The molecule has 0 aliphatic rings. The molecule has 0 bridgehead atoms. The summed E-state index contributed by atoms with van der Waals surface area (Å²) in [4.78, 5) is 16.6. The quantitative estimate of drug-likeness (QED) is 0.619. The fourth-order valence-corrected chi connectivity index (χ4v) is 3.87. The molecule has 12 heteroatoms. The van der Waals surface area contributed by atoms with Gasteiger partial charge in [-0.1, -0.05) is 17.7 Å². The second kappa shape index (κ2) is 8.82. The normalized spacial score (nSPS) is 14.0. The van der Waals surface area contributed by atoms with Gasteiger partial charge in [0.25, 0.3) is 5.91 Å². The average molecular weight is 476 g/mol. The molecule has 1 amide bonds. The number of hydrogen-bond donors (Lipinski definition) is 2. The lowest BCUT2D eigenvalue weighted by molar-refractivity contribution is -0.138. The van der Waals surface area contributed by atoms with E-state index in [4.69, 9.17) is 16.9 Å². The van der Waals surface area contributed by atoms with E-state index in [1.54, 1.807) is 0 Å². The lowest BCUT2D eigenvalue weighted by Gasteiger charge is -2.28. The number of amides is 1. The van der Waals surface area contributed by atoms with Crippen molar-refractivity contribution in [2.75, 3.05) is 11.1 Å². The molecule has 2 rings (SSSR count). The molecule has 1 unspecified atom stereocenters. The minimum absolute atomic E-state index is 0.0140. The summed E-state index contributed by atoms with van der Waals surface area (Å²) < 4.78 is 64.4. The van der Waals surface area contributed by atoms with Gasteiger partial charge in [-0.3, -0.25) is 4.79 Å². The van der Waals surface area contributed by atoms with Crippen molar-refractivity contribution in [1.29, 1.82) is 5.26 Å². The fraction of sp³-hybridized carbons (Fsp3) is 0.316. The van der Waals surface area contributed by atoms with Gasteiger partial charge in [-0.2, -0.15) is 18.4 Å². The Bertz CT molecular complexity index is 1130. The van der Waals surface area contributed by atoms with Crippen molar-refractivity contribution >= 4 is 33.0 Å². The van der Waals surface area contributed by atoms with Gasteiger partial charge in [0.2, 0.25) is 0 Å². The first kappa shape index (κ1) is 24.6. The fourth-order valence-electron chi connectivity index (χ4n) is 2.55. The number of carbonyl (C=O) groups is 1. The highest BCUT2D eigenvalue weighted by molar-refractivity contribution is 7.92. The van der Waals surface area contributed by atoms with E-state index in [1.807, 2.05) is 0 Å². The third kappa shape index (κ3) is 5.52. The number of benzene rings is 1. The summed E-state index contributed by atoms with van der Waals surface area (Å²) in [5, 5.41) is 21.1. The van der Waals surface area contributed by atoms with Crippen LogP contribution in [0.2, 0.25) is 5.15 Å². The van der Waals surface area contributed by atoms with E-state index in [0.717, 1.165) is 18.3 Å². The lowest BCUT2D eigenvalue weighted by atomic mass is 9.96. The van der Waals surface area contributed by atoms with Crippen LogP contribution in [0.3, 0.4) is 0 Å². The number of hydrogen-bond acceptors (Lipinski definition) is 6. The van der Waals surface area contributed by atoms with Gasteiger partial charge in [0, 0.05) is 17.4 Å². The van der Waals surface area contributed by atoms with Gasteiger partial charge < -0.3 is 10.4 Å². The molecule has 7 nitrogen and oxygen atoms in total. The van der Waals surface area contributed by atoms with Gasteiger partial charge in [-0.15, -0.1) is 0 Å². The molecule has 0 aliphatic heterocycles. The standard InChI is InChI=1S/C19H17ClF3N3O4S/c1-11(2)31(29,30)10-18(28,13-4-6-16(20)25-9-13)17(27)26-14-5-3-12(8-24)15(7-14)19(21,22)23/h3-7,9,11,28H,10H2,1-2H3,(H,26,27). The molecule has 2 N–H and O–H groups in total. The number of aromatic nitrogens is 1. The van der Waals surface area contributed by atoms with Crippen LogP contribution in [0.25, 0.3) is 0 Å². The Hall–Kier alpha value is -2.68. The summed E-state index contributed by atoms with van der Waals surface area (Å²) in [6.07, 6.45) is -3.87. The maximum atomic E-state index is 13.2. The van der Waals surface area contributed by atoms with Crippen molar-refractivity contribution in [2.45, 2.75) is 30.9 Å². The van der Waals surface area contributed by atoms with Crippen molar-refractivity contribution in [1.82, 2.24) is 4.98 Å². The molecule has 0 aliphatic carbocycles. The lowest BCUT2D eigenvalue weighted by Crippen LogP contribution is -2.47. The van der Waals surface area contributed by atoms with Crippen LogP contribution >= 0.6 is 11.6 Å². The minimum Gasteiger partial charge on any atom is -0.374 e. The summed E-state index contributed by atoms with van der Waals surface area (Å²) in [7, 11) is -3.99. The average Bonchev–Trinajstić information content (AvgIpc) is 2.67. The van der Waals surface area contributed by atoms with Gasteiger partial charge in [0.1, 0.15) is 5.15 Å². The molecule has 2 aromatic rings. The molecule has 1 aromatic heterocycles. The molecule has 1 atom stereocenters. The first-order valence-corrected chi connectivity index (χ1v) is 10.8. The zero-order chi connectivity index (χ0) is 23.6. The third-order valence-electron chi connectivity index (χ3n) is 4.41. The molecule has 0 saturated carbocycles. The zero-order valence-corrected chi connectivity index (χ0v) is 17.8. The van der Waals surface area contributed by atoms with Crippen molar-refractivity contribution in [3.63, 3.8) is 0 Å². The Kier molecular flexibility index (Phi) is 7.00. The summed E-state index contributed by atoms with van der Waals surface area (Å²) >= 11 is 5.70. The molecule has 1 aromatic carbocycles. The van der Waals surface area contributed by atoms with Gasteiger partial charge >= 0.3 is 6.18 Å². The van der Waals surface area contributed by atoms with Crippen LogP contribution in [0.15, 0.2) is 36.5 Å². The van der Waals surface area contributed by atoms with Gasteiger partial charge in [-0.25, -0.2) is 13.4 Å². The van der Waals surface area contributed by atoms with Crippen molar-refractivity contribution in [2.24, 2.45) is 0 Å². The molecule has 31 heavy (non-hydrogen) atoms. The topological polar surface area (TPSA) is 120 Å². The number of rotatable bonds is 6. The third-order valence-corrected chi connectivity index (χ3v) is 6.89. The molecule has 0 fully saturated rings. The number of aliphatic hydroxyl groups is 1. The predicted octanol–water partition coefficient (Wildman–Crippen LogP) is 3.27. The van der Waals surface area contributed by atoms with Gasteiger partial charge in [0.05, 0.1) is 28.2 Å². The van der Waals surface area contributed by atoms with E-state index in [-0.39, 0.29) is 10.7 Å². The van der Waals surface area contributed by atoms with Crippen molar-refractivity contribution in [3.8, 4) is 6.07 Å². The Morgan fingerprint density at radius 1 is 1.29 bits per heavy atom. The van der Waals surface area contributed by atoms with Crippen LogP contribution in [0.1, 0.15) is 30.5 Å². The van der Waals surface area contributed by atoms with E-state index in [2.05, 4.69) is 10.3 Å². The number of halogens is 4. The minimum atomic E-state index is -4.87. The van der Waals surface area contributed by atoms with Gasteiger partial charge in [0.15, 0.2) is 15.4 Å². The van der Waals surface area contributed by atoms with E-state index < -0.39 is 55.3 Å². The highest BCUT2D eigenvalue weighted by Crippen LogP contribution is 2.34. The smallest absolute Gasteiger partial charge is 0.374 e. The van der Waals surface area contributed by atoms with Crippen molar-refractivity contribution < 1.29 is 31.5 Å². The monoisotopic (exact) mass is 475 g/mol. The molecule has 0 saturated heterocycles. The Morgan fingerprint density at radius 3 is 2.42 bits per heavy atom. The van der Waals surface area contributed by atoms with E-state index in [0.29, 0.717) is 6.07 Å². The van der Waals surface area contributed by atoms with Crippen LogP contribution in [0, 0.1) is 11.3 Å². The van der Waals surface area contributed by atoms with Crippen molar-refractivity contribution in [3.05, 3.63) is 58.4 Å². The van der Waals surface area contributed by atoms with Crippen LogP contribution in [-0.2, 0) is 26.4 Å². The number of nitrogens with zero attached hydrogens (tertiary/aromatic N) is 2. The number of anilines is 1. The predicted molar refractivity (Wildman–Crippen MR) is 107 cm³/mol. The Morgan fingerprint density at radius 2 is 1.94 bits per heavy atom. The second-order valence-corrected chi connectivity index (χ2v) is 9.85. The van der Waals surface area contributed by atoms with Crippen LogP contribution in [-0.4, -0.2) is 35.4 Å². The maximum absolute atomic E-state index is 13.2. The summed E-state index contributed by atoms with van der Waals surface area (Å²) in [6.45, 7) is 2.70. The zero-order valence-electron chi connectivity index (χ0n) is 16.2. The van der Waals surface area contributed by atoms with E-state index in [9.17, 15) is 31.5 Å². The molecule has 0 radical (unpaired) electrons. The number of alkyl halides is 3. The van der Waals surface area contributed by atoms with Crippen LogP contribution in [0.5, 0.6) is 0 Å². The Balaban J connectivity index is 2.52. The molecule has 1 heterocycles. The van der Waals surface area contributed by atoms with E-state index >= 15 is 0 Å². The summed E-state index contributed by atoms with van der Waals surface area (Å²) in [5.41, 5.74) is -5.24. The van der Waals surface area contributed by atoms with Crippen LogP contribution in [0.4, 0.5) is 18.9 Å². The first-order valence-electron chi connectivity index (χ1n) is 8.69. The SMILES string of the molecule is CC(C)S(=O)(=O)CC(O)(C(=O)Nc1ccc(C#N)c(C(F)(F)F)c1)c1ccc(Cl)nc1. The number of pyridine rings is 1. The maximum Gasteiger partial charge on any atom is 0.417 e. The number of nitriles is 1. The largest absolute Gasteiger partial charge is 0.417 e. The van der Waals surface area contributed by atoms with E-state index in [1.165, 1.54) is 32.0 Å². The first-order chi connectivity index (χ1) is 14.2. The summed E-state index contributed by atoms with van der Waals surface area (Å²) in [6, 6.07) is 6.22. The molecule has 166 valence electrons. The number of nitrogens with one attached hydrogen (secondary N) is 1. The molecule has 0 spiro atoms. The number of sulfone groups is 1. The highest BCUT2D eigenvalue weighted by atomic mass is 35.5. The second-order valence-electron chi connectivity index (χ2n) is 6.91. The number of carbonyl (C=O) groups excluding carboxylic acids is 1. The molecular weight excluding hydrogens is 459 g/mol. The van der Waals surface area contributed by atoms with Gasteiger partial charge in [-0.05, 0) is 38.1 Å². The Labute approximate surface area is 181 Å². The van der Waals surface area contributed by atoms with Crippen LogP contribution < -0.4 is 5.32 Å². The molecular formula is C19H17ClF3N3O4S.